The van der Waals surface area contributed by atoms with E-state index in [2.05, 4.69) is 5.32 Å². The Hall–Kier alpha value is -3.30. The highest BCUT2D eigenvalue weighted by molar-refractivity contribution is 5.86. The Balaban J connectivity index is 2.10. The summed E-state index contributed by atoms with van der Waals surface area (Å²) in [5.74, 6) is -0.391. The summed E-state index contributed by atoms with van der Waals surface area (Å²) in [6.07, 6.45) is -5.57. The first-order chi connectivity index (χ1) is 12.2. The van der Waals surface area contributed by atoms with Gasteiger partial charge in [-0.05, 0) is 31.2 Å². The molecule has 1 N–H and O–H groups in total. The zero-order valence-electron chi connectivity index (χ0n) is 13.4. The molecule has 0 atom stereocenters. The molecule has 0 saturated heterocycles. The van der Waals surface area contributed by atoms with Crippen LogP contribution in [0.2, 0.25) is 0 Å². The van der Waals surface area contributed by atoms with Crippen molar-refractivity contribution in [3.63, 3.8) is 0 Å². The number of halogens is 3. The van der Waals surface area contributed by atoms with Crippen LogP contribution < -0.4 is 14.8 Å². The van der Waals surface area contributed by atoms with E-state index in [1.807, 2.05) is 0 Å². The molecule has 1 amide bonds. The average molecular weight is 370 g/mol. The van der Waals surface area contributed by atoms with E-state index in [0.29, 0.717) is 0 Å². The van der Waals surface area contributed by atoms with Gasteiger partial charge in [0.05, 0.1) is 17.1 Å². The summed E-state index contributed by atoms with van der Waals surface area (Å²) in [5, 5.41) is 12.8. The topological polar surface area (TPSA) is 90.7 Å². The molecule has 0 radical (unpaired) electrons. The monoisotopic (exact) mass is 370 g/mol. The number of benzene rings is 2. The zero-order chi connectivity index (χ0) is 19.3. The summed E-state index contributed by atoms with van der Waals surface area (Å²) in [7, 11) is 0. The zero-order valence-corrected chi connectivity index (χ0v) is 13.4. The number of hydrogen-bond acceptors (Lipinski definition) is 5. The highest BCUT2D eigenvalue weighted by Gasteiger charge is 2.34. The summed E-state index contributed by atoms with van der Waals surface area (Å²) < 4.78 is 48.6. The largest absolute Gasteiger partial charge is 0.493 e. The summed E-state index contributed by atoms with van der Waals surface area (Å²) in [4.78, 5) is 21.8. The molecular formula is C16H13F3N2O5. The van der Waals surface area contributed by atoms with Crippen LogP contribution in [0, 0.1) is 10.1 Å². The fraction of sp³-hybridized carbons (Fsp3) is 0.188. The van der Waals surface area contributed by atoms with Crippen molar-refractivity contribution in [2.75, 3.05) is 11.9 Å². The number of hydrogen-bond donors (Lipinski definition) is 1. The van der Waals surface area contributed by atoms with Crippen LogP contribution in [-0.4, -0.2) is 17.6 Å². The molecule has 0 fully saturated rings. The van der Waals surface area contributed by atoms with Gasteiger partial charge >= 0.3 is 12.3 Å². The lowest BCUT2D eigenvalue weighted by atomic mass is 10.1. The van der Waals surface area contributed by atoms with Crippen molar-refractivity contribution in [2.24, 2.45) is 0 Å². The summed E-state index contributed by atoms with van der Waals surface area (Å²) in [5.41, 5.74) is -1.11. The molecule has 0 unspecified atom stereocenters. The molecule has 0 spiro atoms. The van der Waals surface area contributed by atoms with E-state index in [0.717, 1.165) is 30.3 Å². The molecule has 138 valence electrons. The van der Waals surface area contributed by atoms with E-state index in [1.54, 1.807) is 0 Å². The van der Waals surface area contributed by atoms with E-state index < -0.39 is 28.5 Å². The number of carbonyl (C=O) groups excluding carboxylic acids is 1. The van der Waals surface area contributed by atoms with E-state index in [4.69, 9.17) is 9.47 Å². The number of alkyl halides is 3. The van der Waals surface area contributed by atoms with Crippen LogP contribution in [0.3, 0.4) is 0 Å². The van der Waals surface area contributed by atoms with Crippen molar-refractivity contribution in [2.45, 2.75) is 13.1 Å². The first-order valence-electron chi connectivity index (χ1n) is 7.28. The Morgan fingerprint density at radius 2 is 1.85 bits per heavy atom. The molecular weight excluding hydrogens is 357 g/mol. The minimum atomic E-state index is -4.59. The molecule has 10 heteroatoms. The Labute approximate surface area is 145 Å². The Kier molecular flexibility index (Phi) is 5.65. The molecule has 0 bridgehead atoms. The van der Waals surface area contributed by atoms with E-state index >= 15 is 0 Å². The van der Waals surface area contributed by atoms with Gasteiger partial charge in [0, 0.05) is 23.9 Å². The predicted octanol–water partition coefficient (Wildman–Crippen LogP) is 4.62. The van der Waals surface area contributed by atoms with Gasteiger partial charge in [-0.25, -0.2) is 4.79 Å². The van der Waals surface area contributed by atoms with Crippen LogP contribution in [0.25, 0.3) is 0 Å². The van der Waals surface area contributed by atoms with Crippen molar-refractivity contribution in [3.8, 4) is 11.5 Å². The maximum absolute atomic E-state index is 12.9. The third kappa shape index (κ3) is 4.85. The van der Waals surface area contributed by atoms with Crippen molar-refractivity contribution >= 4 is 17.5 Å². The van der Waals surface area contributed by atoms with Crippen LogP contribution >= 0.6 is 0 Å². The van der Waals surface area contributed by atoms with Gasteiger partial charge in [-0.2, -0.15) is 13.2 Å². The Bertz CT molecular complexity index is 807. The second kappa shape index (κ2) is 7.72. The van der Waals surface area contributed by atoms with Crippen molar-refractivity contribution < 1.29 is 32.4 Å². The first-order valence-corrected chi connectivity index (χ1v) is 7.28. The summed E-state index contributed by atoms with van der Waals surface area (Å²) in [6, 6.07) is 7.60. The summed E-state index contributed by atoms with van der Waals surface area (Å²) in [6.45, 7) is 1.54. The maximum atomic E-state index is 12.9. The SMILES string of the molecule is CCOc1cc(NC(=O)Oc2ccc([N+](=O)[O-])cc2)ccc1C(F)(F)F. The molecule has 2 aromatic rings. The van der Waals surface area contributed by atoms with E-state index in [-0.39, 0.29) is 23.7 Å². The highest BCUT2D eigenvalue weighted by atomic mass is 19.4. The number of ether oxygens (including phenoxy) is 2. The number of nitrogens with one attached hydrogen (secondary N) is 1. The number of nitro groups is 1. The van der Waals surface area contributed by atoms with Crippen molar-refractivity contribution in [1.29, 1.82) is 0 Å². The third-order valence-corrected chi connectivity index (χ3v) is 3.09. The number of anilines is 1. The molecule has 2 rings (SSSR count). The molecule has 0 aliphatic carbocycles. The van der Waals surface area contributed by atoms with Gasteiger partial charge < -0.3 is 9.47 Å². The molecule has 0 aliphatic heterocycles. The number of carbonyl (C=O) groups is 1. The Morgan fingerprint density at radius 3 is 2.38 bits per heavy atom. The van der Waals surface area contributed by atoms with Gasteiger partial charge in [-0.1, -0.05) is 0 Å². The number of nitro benzene ring substituents is 1. The maximum Gasteiger partial charge on any atom is 0.419 e. The first kappa shape index (κ1) is 19.0. The van der Waals surface area contributed by atoms with Crippen LogP contribution in [0.15, 0.2) is 42.5 Å². The van der Waals surface area contributed by atoms with E-state index in [1.165, 1.54) is 19.1 Å². The fourth-order valence-electron chi connectivity index (χ4n) is 2.00. The molecule has 7 nitrogen and oxygen atoms in total. The van der Waals surface area contributed by atoms with Crippen molar-refractivity contribution in [3.05, 3.63) is 58.1 Å². The lowest BCUT2D eigenvalue weighted by Gasteiger charge is -2.14. The minimum Gasteiger partial charge on any atom is -0.493 e. The van der Waals surface area contributed by atoms with Gasteiger partial charge in [-0.15, -0.1) is 0 Å². The van der Waals surface area contributed by atoms with Crippen LogP contribution in [-0.2, 0) is 6.18 Å². The van der Waals surface area contributed by atoms with E-state index in [9.17, 15) is 28.1 Å². The highest BCUT2D eigenvalue weighted by Crippen LogP contribution is 2.37. The second-order valence-electron chi connectivity index (χ2n) is 4.91. The van der Waals surface area contributed by atoms with Gasteiger partial charge in [0.1, 0.15) is 11.5 Å². The van der Waals surface area contributed by atoms with Gasteiger partial charge in [0.15, 0.2) is 0 Å². The van der Waals surface area contributed by atoms with Crippen LogP contribution in [0.4, 0.5) is 29.3 Å². The molecule has 0 heterocycles. The molecule has 0 saturated carbocycles. The predicted molar refractivity (Wildman–Crippen MR) is 85.4 cm³/mol. The lowest BCUT2D eigenvalue weighted by Crippen LogP contribution is -2.17. The van der Waals surface area contributed by atoms with Gasteiger partial charge in [0.2, 0.25) is 0 Å². The number of non-ortho nitro benzene ring substituents is 1. The van der Waals surface area contributed by atoms with Crippen LogP contribution in [0.1, 0.15) is 12.5 Å². The van der Waals surface area contributed by atoms with Crippen LogP contribution in [0.5, 0.6) is 11.5 Å². The second-order valence-corrected chi connectivity index (χ2v) is 4.91. The van der Waals surface area contributed by atoms with Crippen molar-refractivity contribution in [1.82, 2.24) is 0 Å². The number of rotatable bonds is 5. The Morgan fingerprint density at radius 1 is 1.19 bits per heavy atom. The standard InChI is InChI=1S/C16H13F3N2O5/c1-2-25-14-9-10(3-8-13(14)16(17,18)19)20-15(22)26-12-6-4-11(5-7-12)21(23)24/h3-9H,2H2,1H3,(H,20,22). The summed E-state index contributed by atoms with van der Waals surface area (Å²) >= 11 is 0. The molecule has 0 aliphatic rings. The quantitative estimate of drug-likeness (QED) is 0.612. The molecule has 26 heavy (non-hydrogen) atoms. The minimum absolute atomic E-state index is 0.0137. The molecule has 0 aromatic heterocycles. The normalized spacial score (nSPS) is 10.9. The third-order valence-electron chi connectivity index (χ3n) is 3.09. The van der Waals surface area contributed by atoms with Gasteiger partial charge in [0.25, 0.3) is 5.69 Å². The fourth-order valence-corrected chi connectivity index (χ4v) is 2.00. The number of nitrogens with zero attached hydrogens (tertiary/aromatic N) is 1. The molecule has 2 aromatic carbocycles. The smallest absolute Gasteiger partial charge is 0.419 e. The lowest BCUT2D eigenvalue weighted by molar-refractivity contribution is -0.384. The number of amides is 1. The average Bonchev–Trinajstić information content (AvgIpc) is 2.54. The van der Waals surface area contributed by atoms with Gasteiger partial charge in [-0.3, -0.25) is 15.4 Å².